The van der Waals surface area contributed by atoms with E-state index in [1.807, 2.05) is 16.3 Å². The van der Waals surface area contributed by atoms with E-state index >= 15 is 0 Å². The van der Waals surface area contributed by atoms with Crippen molar-refractivity contribution in [1.29, 1.82) is 0 Å². The summed E-state index contributed by atoms with van der Waals surface area (Å²) in [7, 11) is 1.62. The lowest BCUT2D eigenvalue weighted by Crippen LogP contribution is -2.40. The minimum atomic E-state index is -0.765. The summed E-state index contributed by atoms with van der Waals surface area (Å²) >= 11 is 1.45. The minimum absolute atomic E-state index is 0.0528. The summed E-state index contributed by atoms with van der Waals surface area (Å²) in [5.74, 6) is -0.416. The molecule has 5 nitrogen and oxygen atoms in total. The van der Waals surface area contributed by atoms with Crippen LogP contribution in [0.3, 0.4) is 0 Å². The first-order valence-electron chi connectivity index (χ1n) is 7.18. The van der Waals surface area contributed by atoms with Crippen molar-refractivity contribution in [2.45, 2.75) is 32.3 Å². The van der Waals surface area contributed by atoms with Gasteiger partial charge in [-0.2, -0.15) is 0 Å². The summed E-state index contributed by atoms with van der Waals surface area (Å²) in [6.45, 7) is 1.87. The lowest BCUT2D eigenvalue weighted by atomic mass is 9.93. The Hall–Kier alpha value is -1.40. The molecule has 1 fully saturated rings. The molecule has 2 rings (SSSR count). The van der Waals surface area contributed by atoms with Crippen molar-refractivity contribution in [3.05, 3.63) is 21.9 Å². The standard InChI is InChI=1S/C15H21NO4S/c1-20-10-12-6-8-21-14(12)15(19)16-7-2-3-11(9-16)4-5-13(17)18/h6,8,11H,2-5,7,9-10H2,1H3,(H,17,18)/t11-/m0/s1. The molecule has 1 aliphatic heterocycles. The Balaban J connectivity index is 1.98. The smallest absolute Gasteiger partial charge is 0.303 e. The molecule has 0 aliphatic carbocycles. The lowest BCUT2D eigenvalue weighted by molar-refractivity contribution is -0.137. The molecule has 1 aromatic heterocycles. The predicted molar refractivity (Wildman–Crippen MR) is 80.5 cm³/mol. The number of piperidine rings is 1. The molecular weight excluding hydrogens is 290 g/mol. The maximum absolute atomic E-state index is 12.6. The first kappa shape index (κ1) is 16.0. The van der Waals surface area contributed by atoms with Crippen LogP contribution in [-0.2, 0) is 16.1 Å². The number of rotatable bonds is 6. The minimum Gasteiger partial charge on any atom is -0.481 e. The largest absolute Gasteiger partial charge is 0.481 e. The number of carboxylic acids is 1. The Morgan fingerprint density at radius 2 is 2.33 bits per heavy atom. The number of likely N-dealkylation sites (tertiary alicyclic amines) is 1. The molecule has 0 bridgehead atoms. The maximum atomic E-state index is 12.6. The third kappa shape index (κ3) is 4.28. The highest BCUT2D eigenvalue weighted by atomic mass is 32.1. The van der Waals surface area contributed by atoms with E-state index in [9.17, 15) is 9.59 Å². The first-order valence-corrected chi connectivity index (χ1v) is 8.06. The van der Waals surface area contributed by atoms with Gasteiger partial charge >= 0.3 is 5.97 Å². The number of aliphatic carboxylic acids is 1. The highest BCUT2D eigenvalue weighted by Gasteiger charge is 2.26. The van der Waals surface area contributed by atoms with Gasteiger partial charge in [0.05, 0.1) is 11.5 Å². The van der Waals surface area contributed by atoms with Gasteiger partial charge in [-0.25, -0.2) is 0 Å². The monoisotopic (exact) mass is 311 g/mol. The Bertz CT molecular complexity index is 500. The number of amides is 1. The van der Waals surface area contributed by atoms with Gasteiger partial charge in [0.25, 0.3) is 5.91 Å². The summed E-state index contributed by atoms with van der Waals surface area (Å²) in [5, 5.41) is 10.7. The summed E-state index contributed by atoms with van der Waals surface area (Å²) in [6, 6.07) is 1.92. The number of ether oxygens (including phenoxy) is 1. The van der Waals surface area contributed by atoms with Crippen molar-refractivity contribution in [1.82, 2.24) is 4.90 Å². The van der Waals surface area contributed by atoms with E-state index in [1.165, 1.54) is 11.3 Å². The molecule has 21 heavy (non-hydrogen) atoms. The molecule has 2 heterocycles. The molecular formula is C15H21NO4S. The van der Waals surface area contributed by atoms with Crippen molar-refractivity contribution < 1.29 is 19.4 Å². The van der Waals surface area contributed by atoms with Gasteiger partial charge in [-0.05, 0) is 36.6 Å². The highest BCUT2D eigenvalue weighted by Crippen LogP contribution is 2.25. The van der Waals surface area contributed by atoms with Crippen LogP contribution in [0.25, 0.3) is 0 Å². The molecule has 0 unspecified atom stereocenters. The van der Waals surface area contributed by atoms with Gasteiger partial charge in [0.1, 0.15) is 0 Å². The third-order valence-electron chi connectivity index (χ3n) is 3.81. The molecule has 1 atom stereocenters. The van der Waals surface area contributed by atoms with Gasteiger partial charge in [-0.3, -0.25) is 9.59 Å². The quantitative estimate of drug-likeness (QED) is 0.877. The molecule has 1 amide bonds. The molecule has 1 saturated heterocycles. The van der Waals surface area contributed by atoms with Gasteiger partial charge in [-0.15, -0.1) is 11.3 Å². The van der Waals surface area contributed by atoms with Crippen LogP contribution in [0.1, 0.15) is 40.9 Å². The van der Waals surface area contributed by atoms with Crippen LogP contribution in [0, 0.1) is 5.92 Å². The molecule has 6 heteroatoms. The summed E-state index contributed by atoms with van der Waals surface area (Å²) < 4.78 is 5.12. The lowest BCUT2D eigenvalue weighted by Gasteiger charge is -2.32. The Morgan fingerprint density at radius 1 is 1.52 bits per heavy atom. The van der Waals surface area contributed by atoms with Crippen molar-refractivity contribution in [3.63, 3.8) is 0 Å². The molecule has 116 valence electrons. The Kier molecular flexibility index (Phi) is 5.76. The van der Waals surface area contributed by atoms with Crippen molar-refractivity contribution in [2.75, 3.05) is 20.2 Å². The number of methoxy groups -OCH3 is 1. The molecule has 0 spiro atoms. The number of thiophene rings is 1. The third-order valence-corrected chi connectivity index (χ3v) is 4.76. The summed E-state index contributed by atoms with van der Waals surface area (Å²) in [4.78, 5) is 25.9. The fourth-order valence-corrected chi connectivity index (χ4v) is 3.63. The van der Waals surface area contributed by atoms with Crippen LogP contribution >= 0.6 is 11.3 Å². The summed E-state index contributed by atoms with van der Waals surface area (Å²) in [5.41, 5.74) is 0.931. The molecule has 1 aliphatic rings. The zero-order valence-electron chi connectivity index (χ0n) is 12.2. The number of hydrogen-bond donors (Lipinski definition) is 1. The van der Waals surface area contributed by atoms with E-state index in [2.05, 4.69) is 0 Å². The average Bonchev–Trinajstić information content (AvgIpc) is 2.93. The SMILES string of the molecule is COCc1ccsc1C(=O)N1CCC[C@@H](CCC(=O)O)C1. The second-order valence-electron chi connectivity index (χ2n) is 5.40. The topological polar surface area (TPSA) is 66.8 Å². The summed E-state index contributed by atoms with van der Waals surface area (Å²) in [6.07, 6.45) is 2.78. The van der Waals surface area contributed by atoms with Crippen LogP contribution in [0.2, 0.25) is 0 Å². The van der Waals surface area contributed by atoms with E-state index in [-0.39, 0.29) is 12.3 Å². The van der Waals surface area contributed by atoms with Crippen molar-refractivity contribution in [2.24, 2.45) is 5.92 Å². The number of carboxylic acid groups (broad SMARTS) is 1. The van der Waals surface area contributed by atoms with Crippen LogP contribution in [0.15, 0.2) is 11.4 Å². The molecule has 0 saturated carbocycles. The van der Waals surface area contributed by atoms with E-state index < -0.39 is 5.97 Å². The second-order valence-corrected chi connectivity index (χ2v) is 6.32. The number of hydrogen-bond acceptors (Lipinski definition) is 4. The van der Waals surface area contributed by atoms with Crippen molar-refractivity contribution in [3.8, 4) is 0 Å². The van der Waals surface area contributed by atoms with Gasteiger partial charge in [0.15, 0.2) is 0 Å². The van der Waals surface area contributed by atoms with E-state index in [0.29, 0.717) is 25.5 Å². The number of nitrogens with zero attached hydrogens (tertiary/aromatic N) is 1. The van der Waals surface area contributed by atoms with Crippen LogP contribution in [0.4, 0.5) is 0 Å². The Morgan fingerprint density at radius 3 is 3.05 bits per heavy atom. The van der Waals surface area contributed by atoms with Crippen LogP contribution < -0.4 is 0 Å². The normalized spacial score (nSPS) is 18.7. The van der Waals surface area contributed by atoms with E-state index in [0.717, 1.165) is 29.8 Å². The Labute approximate surface area is 128 Å². The van der Waals surface area contributed by atoms with Crippen LogP contribution in [0.5, 0.6) is 0 Å². The van der Waals surface area contributed by atoms with Gasteiger partial charge < -0.3 is 14.7 Å². The first-order chi connectivity index (χ1) is 10.1. The fourth-order valence-electron chi connectivity index (χ4n) is 2.75. The highest BCUT2D eigenvalue weighted by molar-refractivity contribution is 7.12. The predicted octanol–water partition coefficient (Wildman–Crippen LogP) is 2.61. The van der Waals surface area contributed by atoms with Crippen LogP contribution in [-0.4, -0.2) is 42.1 Å². The van der Waals surface area contributed by atoms with E-state index in [4.69, 9.17) is 9.84 Å². The zero-order valence-corrected chi connectivity index (χ0v) is 13.0. The second kappa shape index (κ2) is 7.56. The van der Waals surface area contributed by atoms with Gasteiger partial charge in [0, 0.05) is 32.2 Å². The number of carbonyl (C=O) groups is 2. The molecule has 1 N–H and O–H groups in total. The molecule has 1 aromatic rings. The van der Waals surface area contributed by atoms with Crippen molar-refractivity contribution >= 4 is 23.2 Å². The zero-order chi connectivity index (χ0) is 15.2. The number of carbonyl (C=O) groups excluding carboxylic acids is 1. The molecule has 0 radical (unpaired) electrons. The average molecular weight is 311 g/mol. The maximum Gasteiger partial charge on any atom is 0.303 e. The van der Waals surface area contributed by atoms with E-state index in [1.54, 1.807) is 7.11 Å². The molecule has 0 aromatic carbocycles. The van der Waals surface area contributed by atoms with Gasteiger partial charge in [-0.1, -0.05) is 0 Å². The fraction of sp³-hybridized carbons (Fsp3) is 0.600. The van der Waals surface area contributed by atoms with Gasteiger partial charge in [0.2, 0.25) is 0 Å².